The van der Waals surface area contributed by atoms with Crippen molar-refractivity contribution in [1.82, 2.24) is 0 Å². The minimum absolute atomic E-state index is 0.0451. The van der Waals surface area contributed by atoms with E-state index >= 15 is 0 Å². The van der Waals surface area contributed by atoms with E-state index < -0.39 is 0 Å². The summed E-state index contributed by atoms with van der Waals surface area (Å²) in [5.74, 6) is 3.57. The Bertz CT molecular complexity index is 248. The summed E-state index contributed by atoms with van der Waals surface area (Å²) in [6.45, 7) is 4.53. The van der Waals surface area contributed by atoms with Crippen LogP contribution in [-0.4, -0.2) is 11.2 Å². The van der Waals surface area contributed by atoms with Gasteiger partial charge in [-0.25, -0.2) is 0 Å². The van der Waals surface area contributed by atoms with Crippen LogP contribution in [0.3, 0.4) is 0 Å². The van der Waals surface area contributed by atoms with Crippen LogP contribution in [0.2, 0.25) is 0 Å². The van der Waals surface area contributed by atoms with Gasteiger partial charge < -0.3 is 5.11 Å². The second-order valence-electron chi connectivity index (χ2n) is 7.42. The molecule has 0 spiro atoms. The van der Waals surface area contributed by atoms with Crippen LogP contribution >= 0.6 is 0 Å². The summed E-state index contributed by atoms with van der Waals surface area (Å²) in [5, 5.41) is 10.4. The van der Waals surface area contributed by atoms with Crippen LogP contribution in [0.1, 0.15) is 65.2 Å². The first-order chi connectivity index (χ1) is 8.13. The van der Waals surface area contributed by atoms with E-state index in [9.17, 15) is 5.11 Å². The van der Waals surface area contributed by atoms with Crippen molar-refractivity contribution < 1.29 is 5.11 Å². The summed E-state index contributed by atoms with van der Waals surface area (Å²) in [5.41, 5.74) is 0.531. The van der Waals surface area contributed by atoms with Gasteiger partial charge in [-0.3, -0.25) is 0 Å². The molecular formula is C16H28O. The fourth-order valence-electron chi connectivity index (χ4n) is 5.69. The van der Waals surface area contributed by atoms with Gasteiger partial charge in [0.2, 0.25) is 0 Å². The third kappa shape index (κ3) is 1.95. The van der Waals surface area contributed by atoms with Crippen LogP contribution in [-0.2, 0) is 0 Å². The Labute approximate surface area is 106 Å². The lowest BCUT2D eigenvalue weighted by atomic mass is 9.46. The Balaban J connectivity index is 1.77. The Morgan fingerprint density at radius 3 is 1.94 bits per heavy atom. The van der Waals surface area contributed by atoms with Crippen LogP contribution in [0.4, 0.5) is 0 Å². The Morgan fingerprint density at radius 2 is 1.53 bits per heavy atom. The van der Waals surface area contributed by atoms with Crippen molar-refractivity contribution in [3.05, 3.63) is 0 Å². The second kappa shape index (κ2) is 4.26. The zero-order valence-electron chi connectivity index (χ0n) is 11.5. The van der Waals surface area contributed by atoms with Crippen molar-refractivity contribution in [3.8, 4) is 0 Å². The molecule has 0 aliphatic heterocycles. The summed E-state index contributed by atoms with van der Waals surface area (Å²) in [4.78, 5) is 0. The predicted octanol–water partition coefficient (Wildman–Crippen LogP) is 4.00. The standard InChI is InChI=1S/C16H28O/c1-3-4-15(17)11(2)16-8-12-5-13(9-16)7-14(6-12)10-16/h11-15,17H,3-10H2,1-2H3. The van der Waals surface area contributed by atoms with E-state index in [0.717, 1.165) is 30.6 Å². The van der Waals surface area contributed by atoms with Gasteiger partial charge >= 0.3 is 0 Å². The Morgan fingerprint density at radius 1 is 1.06 bits per heavy atom. The summed E-state index contributed by atoms with van der Waals surface area (Å²) < 4.78 is 0. The van der Waals surface area contributed by atoms with Gasteiger partial charge in [-0.1, -0.05) is 20.3 Å². The average molecular weight is 236 g/mol. The fourth-order valence-corrected chi connectivity index (χ4v) is 5.69. The van der Waals surface area contributed by atoms with Gasteiger partial charge in [0.25, 0.3) is 0 Å². The lowest BCUT2D eigenvalue weighted by Gasteiger charge is -2.59. The Hall–Kier alpha value is -0.0400. The molecule has 0 aromatic carbocycles. The molecule has 4 fully saturated rings. The average Bonchev–Trinajstić information content (AvgIpc) is 2.26. The third-order valence-corrected chi connectivity index (χ3v) is 6.21. The van der Waals surface area contributed by atoms with Gasteiger partial charge in [-0.15, -0.1) is 0 Å². The van der Waals surface area contributed by atoms with Crippen molar-refractivity contribution in [2.45, 2.75) is 71.3 Å². The Kier molecular flexibility index (Phi) is 3.01. The normalized spacial score (nSPS) is 47.1. The molecule has 4 saturated carbocycles. The van der Waals surface area contributed by atoms with E-state index in [1.54, 1.807) is 0 Å². The highest BCUT2D eigenvalue weighted by atomic mass is 16.3. The quantitative estimate of drug-likeness (QED) is 0.782. The van der Waals surface area contributed by atoms with Crippen LogP contribution in [0.5, 0.6) is 0 Å². The zero-order valence-corrected chi connectivity index (χ0v) is 11.5. The molecule has 0 aromatic rings. The molecule has 2 unspecified atom stereocenters. The van der Waals surface area contributed by atoms with E-state index in [0.29, 0.717) is 11.3 Å². The van der Waals surface area contributed by atoms with Crippen molar-refractivity contribution >= 4 is 0 Å². The molecule has 1 N–H and O–H groups in total. The van der Waals surface area contributed by atoms with Gasteiger partial charge in [-0.05, 0) is 74.0 Å². The maximum Gasteiger partial charge on any atom is 0.0571 e. The minimum Gasteiger partial charge on any atom is -0.393 e. The molecule has 4 bridgehead atoms. The third-order valence-electron chi connectivity index (χ3n) is 6.21. The lowest BCUT2D eigenvalue weighted by molar-refractivity contribution is -0.112. The number of hydrogen-bond donors (Lipinski definition) is 1. The topological polar surface area (TPSA) is 20.2 Å². The molecule has 4 rings (SSSR count). The molecule has 2 atom stereocenters. The highest BCUT2D eigenvalue weighted by Gasteiger charge is 2.53. The predicted molar refractivity (Wildman–Crippen MR) is 70.7 cm³/mol. The van der Waals surface area contributed by atoms with Gasteiger partial charge in [0.15, 0.2) is 0 Å². The first-order valence-corrected chi connectivity index (χ1v) is 7.81. The second-order valence-corrected chi connectivity index (χ2v) is 7.42. The van der Waals surface area contributed by atoms with E-state index in [1.165, 1.54) is 38.5 Å². The molecule has 0 radical (unpaired) electrons. The monoisotopic (exact) mass is 236 g/mol. The lowest BCUT2D eigenvalue weighted by Crippen LogP contribution is -2.51. The SMILES string of the molecule is CCCC(O)C(C)C12CC3CC(CC(C3)C1)C2. The minimum atomic E-state index is -0.0451. The van der Waals surface area contributed by atoms with Crippen LogP contribution in [0.15, 0.2) is 0 Å². The first kappa shape index (κ1) is 12.0. The largest absolute Gasteiger partial charge is 0.393 e. The molecule has 0 aromatic heterocycles. The molecule has 17 heavy (non-hydrogen) atoms. The number of rotatable bonds is 4. The maximum absolute atomic E-state index is 10.4. The van der Waals surface area contributed by atoms with Crippen LogP contribution in [0, 0.1) is 29.1 Å². The van der Waals surface area contributed by atoms with Gasteiger partial charge in [0.1, 0.15) is 0 Å². The van der Waals surface area contributed by atoms with E-state index in [-0.39, 0.29) is 6.10 Å². The highest BCUT2D eigenvalue weighted by molar-refractivity contribution is 5.04. The molecule has 1 nitrogen and oxygen atoms in total. The highest BCUT2D eigenvalue weighted by Crippen LogP contribution is 2.63. The van der Waals surface area contributed by atoms with Crippen LogP contribution < -0.4 is 0 Å². The van der Waals surface area contributed by atoms with E-state index in [2.05, 4.69) is 13.8 Å². The van der Waals surface area contributed by atoms with Crippen molar-refractivity contribution in [3.63, 3.8) is 0 Å². The number of hydrogen-bond acceptors (Lipinski definition) is 1. The maximum atomic E-state index is 10.4. The fraction of sp³-hybridized carbons (Fsp3) is 1.00. The zero-order chi connectivity index (χ0) is 12.0. The van der Waals surface area contributed by atoms with Gasteiger partial charge in [0.05, 0.1) is 6.10 Å². The molecule has 4 aliphatic carbocycles. The smallest absolute Gasteiger partial charge is 0.0571 e. The summed E-state index contributed by atoms with van der Waals surface area (Å²) >= 11 is 0. The molecule has 4 aliphatic rings. The summed E-state index contributed by atoms with van der Waals surface area (Å²) in [7, 11) is 0. The van der Waals surface area contributed by atoms with Crippen molar-refractivity contribution in [1.29, 1.82) is 0 Å². The number of aliphatic hydroxyl groups is 1. The number of aliphatic hydroxyl groups excluding tert-OH is 1. The summed E-state index contributed by atoms with van der Waals surface area (Å²) in [6, 6.07) is 0. The van der Waals surface area contributed by atoms with E-state index in [4.69, 9.17) is 0 Å². The molecule has 0 amide bonds. The van der Waals surface area contributed by atoms with Crippen molar-refractivity contribution in [2.24, 2.45) is 29.1 Å². The van der Waals surface area contributed by atoms with Gasteiger partial charge in [-0.2, -0.15) is 0 Å². The summed E-state index contributed by atoms with van der Waals surface area (Å²) in [6.07, 6.45) is 10.9. The molecule has 1 heteroatoms. The molecule has 0 saturated heterocycles. The molecule has 0 heterocycles. The molecule has 98 valence electrons. The van der Waals surface area contributed by atoms with E-state index in [1.807, 2.05) is 0 Å². The van der Waals surface area contributed by atoms with Crippen molar-refractivity contribution in [2.75, 3.05) is 0 Å². The first-order valence-electron chi connectivity index (χ1n) is 7.81. The van der Waals surface area contributed by atoms with Gasteiger partial charge in [0, 0.05) is 0 Å². The molecular weight excluding hydrogens is 208 g/mol. The van der Waals surface area contributed by atoms with Crippen LogP contribution in [0.25, 0.3) is 0 Å².